The van der Waals surface area contributed by atoms with Crippen LogP contribution in [0.1, 0.15) is 26.2 Å². The van der Waals surface area contributed by atoms with E-state index in [9.17, 15) is 4.79 Å². The molecule has 1 spiro atoms. The molecule has 0 aromatic carbocycles. The number of carbonyl (C=O) groups excluding carboxylic acids is 1. The monoisotopic (exact) mass is 190 g/mol. The van der Waals surface area contributed by atoms with Gasteiger partial charge in [-0.2, -0.15) is 0 Å². The molecule has 2 fully saturated rings. The van der Waals surface area contributed by atoms with Gasteiger partial charge in [0.15, 0.2) is 5.78 Å². The number of fused-ring (bicyclic) bond motifs is 1. The molecule has 14 heavy (non-hydrogen) atoms. The minimum Gasteiger partial charge on any atom is -0.377 e. The van der Waals surface area contributed by atoms with E-state index < -0.39 is 0 Å². The van der Waals surface area contributed by atoms with E-state index in [-0.39, 0.29) is 11.2 Å². The third kappa shape index (κ3) is 0.921. The average molecular weight is 190 g/mol. The second-order valence-electron chi connectivity index (χ2n) is 4.63. The zero-order valence-corrected chi connectivity index (χ0v) is 8.38. The summed E-state index contributed by atoms with van der Waals surface area (Å²) in [6.07, 6.45) is 7.47. The molecule has 0 N–H and O–H groups in total. The summed E-state index contributed by atoms with van der Waals surface area (Å²) in [4.78, 5) is 11.5. The summed E-state index contributed by atoms with van der Waals surface area (Å²) in [5, 5.41) is 0. The molecule has 2 unspecified atom stereocenters. The summed E-state index contributed by atoms with van der Waals surface area (Å²) >= 11 is 0. The summed E-state index contributed by atoms with van der Waals surface area (Å²) in [7, 11) is 0. The smallest absolute Gasteiger partial charge is 0.181 e. The Morgan fingerprint density at radius 2 is 2.43 bits per heavy atom. The molecule has 2 heteroatoms. The number of rotatable bonds is 0. The normalized spacial score (nSPS) is 40.4. The van der Waals surface area contributed by atoms with Crippen LogP contribution in [0.2, 0.25) is 0 Å². The summed E-state index contributed by atoms with van der Waals surface area (Å²) in [5.74, 6) is 0.191. The van der Waals surface area contributed by atoms with Crippen LogP contribution < -0.4 is 0 Å². The Balaban J connectivity index is 2.12. The van der Waals surface area contributed by atoms with Gasteiger partial charge in [0.05, 0.1) is 12.7 Å². The van der Waals surface area contributed by atoms with Crippen LogP contribution in [-0.4, -0.2) is 18.5 Å². The summed E-state index contributed by atoms with van der Waals surface area (Å²) in [6.45, 7) is 2.75. The lowest BCUT2D eigenvalue weighted by atomic mass is 9.67. The second kappa shape index (κ2) is 2.57. The molecule has 0 aromatic rings. The standard InChI is InChI=1S/C12H14O2/c1-8-10-3-2-9-6-12(10,7-14-9)5-4-11(8)13/h4-5,9H,2-3,6-7H2,1H3. The van der Waals surface area contributed by atoms with Crippen LogP contribution in [0.15, 0.2) is 23.3 Å². The lowest BCUT2D eigenvalue weighted by Gasteiger charge is -2.34. The lowest BCUT2D eigenvalue weighted by molar-refractivity contribution is -0.111. The van der Waals surface area contributed by atoms with E-state index in [1.807, 2.05) is 6.92 Å². The molecule has 0 radical (unpaired) electrons. The molecule has 0 amide bonds. The predicted octanol–water partition coefficient (Wildman–Crippen LogP) is 2.01. The van der Waals surface area contributed by atoms with Gasteiger partial charge >= 0.3 is 0 Å². The van der Waals surface area contributed by atoms with Crippen molar-refractivity contribution in [1.82, 2.24) is 0 Å². The van der Waals surface area contributed by atoms with Gasteiger partial charge in [0.2, 0.25) is 0 Å². The van der Waals surface area contributed by atoms with E-state index in [4.69, 9.17) is 4.74 Å². The van der Waals surface area contributed by atoms with Gasteiger partial charge in [0, 0.05) is 5.41 Å². The van der Waals surface area contributed by atoms with Crippen molar-refractivity contribution in [1.29, 1.82) is 0 Å². The fourth-order valence-electron chi connectivity index (χ4n) is 3.03. The van der Waals surface area contributed by atoms with Crippen molar-refractivity contribution in [3.8, 4) is 0 Å². The highest BCUT2D eigenvalue weighted by molar-refractivity contribution is 6.05. The summed E-state index contributed by atoms with van der Waals surface area (Å²) in [5.41, 5.74) is 2.41. The Morgan fingerprint density at radius 1 is 1.57 bits per heavy atom. The van der Waals surface area contributed by atoms with Crippen molar-refractivity contribution in [3.63, 3.8) is 0 Å². The second-order valence-corrected chi connectivity index (χ2v) is 4.63. The van der Waals surface area contributed by atoms with Gasteiger partial charge in [-0.15, -0.1) is 0 Å². The Morgan fingerprint density at radius 3 is 3.29 bits per heavy atom. The lowest BCUT2D eigenvalue weighted by Crippen LogP contribution is -2.30. The number of ketones is 1. The van der Waals surface area contributed by atoms with E-state index in [0.29, 0.717) is 6.10 Å². The van der Waals surface area contributed by atoms with Crippen molar-refractivity contribution < 1.29 is 9.53 Å². The molecule has 3 rings (SSSR count). The number of hydrogen-bond donors (Lipinski definition) is 0. The fourth-order valence-corrected chi connectivity index (χ4v) is 3.03. The van der Waals surface area contributed by atoms with E-state index >= 15 is 0 Å². The fraction of sp³-hybridized carbons (Fsp3) is 0.583. The first-order valence-corrected chi connectivity index (χ1v) is 5.27. The molecular weight excluding hydrogens is 176 g/mol. The molecule has 2 aliphatic carbocycles. The molecular formula is C12H14O2. The molecule has 2 nitrogen and oxygen atoms in total. The van der Waals surface area contributed by atoms with E-state index in [1.165, 1.54) is 5.57 Å². The van der Waals surface area contributed by atoms with Crippen LogP contribution in [-0.2, 0) is 9.53 Å². The Hall–Kier alpha value is -0.890. The predicted molar refractivity (Wildman–Crippen MR) is 52.9 cm³/mol. The van der Waals surface area contributed by atoms with Crippen LogP contribution in [0.25, 0.3) is 0 Å². The third-order valence-electron chi connectivity index (χ3n) is 3.86. The maximum absolute atomic E-state index is 11.5. The molecule has 2 bridgehead atoms. The van der Waals surface area contributed by atoms with Crippen molar-refractivity contribution >= 4 is 5.78 Å². The van der Waals surface area contributed by atoms with Gasteiger partial charge < -0.3 is 4.74 Å². The molecule has 1 aliphatic heterocycles. The van der Waals surface area contributed by atoms with Gasteiger partial charge in [-0.25, -0.2) is 0 Å². The molecule has 74 valence electrons. The van der Waals surface area contributed by atoms with Gasteiger partial charge in [0.1, 0.15) is 0 Å². The van der Waals surface area contributed by atoms with Gasteiger partial charge in [0.25, 0.3) is 0 Å². The summed E-state index contributed by atoms with van der Waals surface area (Å²) in [6, 6.07) is 0. The van der Waals surface area contributed by atoms with Crippen molar-refractivity contribution in [2.75, 3.05) is 6.61 Å². The van der Waals surface area contributed by atoms with Crippen LogP contribution in [0, 0.1) is 5.41 Å². The summed E-state index contributed by atoms with van der Waals surface area (Å²) < 4.78 is 5.72. The van der Waals surface area contributed by atoms with Gasteiger partial charge in [-0.3, -0.25) is 4.79 Å². The van der Waals surface area contributed by atoms with Crippen LogP contribution >= 0.6 is 0 Å². The zero-order valence-electron chi connectivity index (χ0n) is 8.38. The van der Waals surface area contributed by atoms with Crippen LogP contribution in [0.4, 0.5) is 0 Å². The average Bonchev–Trinajstić information content (AvgIpc) is 2.51. The molecule has 1 heterocycles. The van der Waals surface area contributed by atoms with E-state index in [1.54, 1.807) is 6.08 Å². The SMILES string of the molecule is CC1=C2CCC3CC2(C=CC1=O)CO3. The minimum absolute atomic E-state index is 0.0981. The first-order chi connectivity index (χ1) is 6.71. The third-order valence-corrected chi connectivity index (χ3v) is 3.86. The molecule has 3 aliphatic rings. The number of hydrogen-bond acceptors (Lipinski definition) is 2. The molecule has 2 atom stereocenters. The highest BCUT2D eigenvalue weighted by atomic mass is 16.5. The highest BCUT2D eigenvalue weighted by Crippen LogP contribution is 2.51. The largest absolute Gasteiger partial charge is 0.377 e. The van der Waals surface area contributed by atoms with Crippen molar-refractivity contribution in [2.45, 2.75) is 32.3 Å². The molecule has 1 saturated heterocycles. The van der Waals surface area contributed by atoms with Crippen molar-refractivity contribution in [3.05, 3.63) is 23.3 Å². The first-order valence-electron chi connectivity index (χ1n) is 5.27. The molecule has 1 saturated carbocycles. The Kier molecular flexibility index (Phi) is 1.55. The van der Waals surface area contributed by atoms with Gasteiger partial charge in [-0.05, 0) is 37.8 Å². The quantitative estimate of drug-likeness (QED) is 0.584. The van der Waals surface area contributed by atoms with Crippen LogP contribution in [0.5, 0.6) is 0 Å². The molecule has 0 aromatic heterocycles. The number of carbonyl (C=O) groups is 1. The highest BCUT2D eigenvalue weighted by Gasteiger charge is 2.47. The first kappa shape index (κ1) is 8.42. The number of allylic oxidation sites excluding steroid dienone is 2. The van der Waals surface area contributed by atoms with Crippen LogP contribution in [0.3, 0.4) is 0 Å². The van der Waals surface area contributed by atoms with E-state index in [2.05, 4.69) is 6.08 Å². The van der Waals surface area contributed by atoms with Gasteiger partial charge in [-0.1, -0.05) is 11.6 Å². The topological polar surface area (TPSA) is 26.3 Å². The Labute approximate surface area is 83.6 Å². The van der Waals surface area contributed by atoms with Crippen molar-refractivity contribution in [2.24, 2.45) is 5.41 Å². The number of ether oxygens (including phenoxy) is 1. The van der Waals surface area contributed by atoms with E-state index in [0.717, 1.165) is 31.4 Å². The zero-order chi connectivity index (χ0) is 9.76. The minimum atomic E-state index is 0.0981. The maximum atomic E-state index is 11.5. The Bertz CT molecular complexity index is 365. The maximum Gasteiger partial charge on any atom is 0.181 e.